The topological polar surface area (TPSA) is 68.0 Å². The molecule has 184 valence electrons. The fourth-order valence-electron chi connectivity index (χ4n) is 9.37. The number of aromatic nitrogens is 3. The van der Waals surface area contributed by atoms with Gasteiger partial charge >= 0.3 is 0 Å². The summed E-state index contributed by atoms with van der Waals surface area (Å²) in [7, 11) is 0. The predicted molar refractivity (Wildman–Crippen MR) is 128 cm³/mol. The monoisotopic (exact) mass is 467 g/mol. The van der Waals surface area contributed by atoms with E-state index in [2.05, 4.69) is 24.0 Å². The summed E-state index contributed by atoms with van der Waals surface area (Å²) in [6, 6.07) is 4.38. The number of Topliss-reactive ketones (excluding diaryl/α,β-unsaturated/α-hetero) is 1. The summed E-state index contributed by atoms with van der Waals surface area (Å²) in [6.45, 7) is 6.96. The van der Waals surface area contributed by atoms with E-state index in [-0.39, 0.29) is 29.5 Å². The van der Waals surface area contributed by atoms with Gasteiger partial charge in [0.25, 0.3) is 0 Å². The van der Waals surface area contributed by atoms with E-state index < -0.39 is 5.60 Å². The largest absolute Gasteiger partial charge is 0.390 e. The van der Waals surface area contributed by atoms with E-state index >= 15 is 0 Å². The van der Waals surface area contributed by atoms with Crippen LogP contribution in [0.5, 0.6) is 0 Å². The first kappa shape index (κ1) is 22.6. The molecule has 0 aliphatic heterocycles. The van der Waals surface area contributed by atoms with Gasteiger partial charge < -0.3 is 5.11 Å². The van der Waals surface area contributed by atoms with Crippen molar-refractivity contribution in [3.63, 3.8) is 0 Å². The Morgan fingerprint density at radius 1 is 1.09 bits per heavy atom. The van der Waals surface area contributed by atoms with Crippen molar-refractivity contribution in [2.45, 2.75) is 84.3 Å². The minimum absolute atomic E-state index is 0.0450. The Morgan fingerprint density at radius 2 is 1.85 bits per heavy atom. The average Bonchev–Trinajstić information content (AvgIpc) is 3.29. The zero-order valence-corrected chi connectivity index (χ0v) is 20.7. The minimum atomic E-state index is -0.480. The highest BCUT2D eigenvalue weighted by Gasteiger charge is 2.61. The molecule has 0 amide bonds. The van der Waals surface area contributed by atoms with Crippen molar-refractivity contribution in [3.05, 3.63) is 24.0 Å². The Labute approximate surface area is 201 Å². The number of hydrogen-bond donors (Lipinski definition) is 1. The third kappa shape index (κ3) is 3.54. The van der Waals surface area contributed by atoms with Crippen LogP contribution in [-0.4, -0.2) is 31.5 Å². The van der Waals surface area contributed by atoms with Crippen LogP contribution in [0.1, 0.15) is 72.1 Å². The highest BCUT2D eigenvalue weighted by atomic mass is 19.1. The molecule has 0 unspecified atom stereocenters. The second-order valence-corrected chi connectivity index (χ2v) is 12.7. The number of carbonyl (C=O) groups is 1. The van der Waals surface area contributed by atoms with Crippen molar-refractivity contribution in [3.8, 4) is 0 Å². The summed E-state index contributed by atoms with van der Waals surface area (Å²) in [4.78, 5) is 15.1. The minimum Gasteiger partial charge on any atom is -0.390 e. The Morgan fingerprint density at radius 3 is 2.68 bits per heavy atom. The lowest BCUT2D eigenvalue weighted by Gasteiger charge is -2.57. The third-order valence-electron chi connectivity index (χ3n) is 10.6. The maximum Gasteiger partial charge on any atom is 0.159 e. The van der Waals surface area contributed by atoms with Gasteiger partial charge in [-0.2, -0.15) is 15.0 Å². The molecule has 1 aromatic heterocycles. The number of aliphatic hydroxyl groups is 1. The molecule has 0 bridgehead atoms. The lowest BCUT2D eigenvalue weighted by atomic mass is 9.48. The molecular formula is C28H38FN3O2. The van der Waals surface area contributed by atoms with Gasteiger partial charge in [0.15, 0.2) is 5.78 Å². The summed E-state index contributed by atoms with van der Waals surface area (Å²) in [5.41, 5.74) is 0.692. The molecule has 0 saturated heterocycles. The molecule has 1 aromatic carbocycles. The van der Waals surface area contributed by atoms with E-state index in [1.54, 1.807) is 6.07 Å². The third-order valence-corrected chi connectivity index (χ3v) is 10.6. The molecule has 5 nitrogen and oxygen atoms in total. The molecule has 9 atom stereocenters. The molecule has 4 aliphatic carbocycles. The maximum absolute atomic E-state index is 13.6. The molecule has 4 fully saturated rings. The van der Waals surface area contributed by atoms with Crippen molar-refractivity contribution >= 4 is 16.8 Å². The standard InChI is InChI=1S/C28H38FN3O2/c1-16-12-22(25(33)15-32-30-23-7-5-18(29)13-24(23)31-32)28(3)11-9-20-19-8-10-27(2,34)14-17(19)4-6-21(20)26(16)28/h5,7,13,16-17,19-22,26,34H,4,6,8-12,14-15H2,1-3H3/t16-,17-,19+,20-,21-,22-,26+,27-,28-/m1/s1. The summed E-state index contributed by atoms with van der Waals surface area (Å²) < 4.78 is 13.6. The number of hydrogen-bond acceptors (Lipinski definition) is 4. The van der Waals surface area contributed by atoms with Crippen LogP contribution in [0.3, 0.4) is 0 Å². The first-order valence-corrected chi connectivity index (χ1v) is 13.4. The normalized spacial score (nSPS) is 43.9. The summed E-state index contributed by atoms with van der Waals surface area (Å²) in [5, 5.41) is 19.5. The van der Waals surface area contributed by atoms with Gasteiger partial charge in [-0.1, -0.05) is 13.8 Å². The van der Waals surface area contributed by atoms with Gasteiger partial charge in [0.2, 0.25) is 0 Å². The van der Waals surface area contributed by atoms with Crippen molar-refractivity contribution in [1.82, 2.24) is 15.0 Å². The molecule has 2 aromatic rings. The SMILES string of the molecule is C[C@@H]1C[C@H](C(=O)Cn2nc3ccc(F)cc3n2)[C@@]2(C)CC[C@H]3[C@@H](CC[C@@H]4C[C@](C)(O)CC[C@@H]43)[C@H]12. The number of carbonyl (C=O) groups excluding carboxylic acids is 1. The summed E-state index contributed by atoms with van der Waals surface area (Å²) in [5.74, 6) is 4.00. The van der Waals surface area contributed by atoms with Gasteiger partial charge in [-0.05, 0) is 111 Å². The van der Waals surface area contributed by atoms with Crippen molar-refractivity contribution < 1.29 is 14.3 Å². The number of ketones is 1. The molecule has 0 spiro atoms. The molecule has 1 heterocycles. The number of rotatable bonds is 3. The van der Waals surface area contributed by atoms with E-state index in [0.29, 0.717) is 34.7 Å². The second-order valence-electron chi connectivity index (χ2n) is 12.7. The molecule has 4 aliphatic rings. The molecule has 6 rings (SSSR count). The fourth-order valence-corrected chi connectivity index (χ4v) is 9.37. The Bertz CT molecular complexity index is 1110. The van der Waals surface area contributed by atoms with Crippen LogP contribution >= 0.6 is 0 Å². The molecule has 4 saturated carbocycles. The van der Waals surface area contributed by atoms with Crippen LogP contribution in [0.4, 0.5) is 4.39 Å². The van der Waals surface area contributed by atoms with E-state index in [4.69, 9.17) is 0 Å². The van der Waals surface area contributed by atoms with Gasteiger partial charge in [-0.3, -0.25) is 4.79 Å². The smallest absolute Gasteiger partial charge is 0.159 e. The Kier molecular flexibility index (Phi) is 5.22. The van der Waals surface area contributed by atoms with E-state index in [0.717, 1.165) is 43.9 Å². The van der Waals surface area contributed by atoms with Crippen LogP contribution in [0.25, 0.3) is 11.0 Å². The second kappa shape index (κ2) is 7.84. The lowest BCUT2D eigenvalue weighted by Crippen LogP contribution is -2.51. The van der Waals surface area contributed by atoms with Gasteiger partial charge in [0.1, 0.15) is 23.4 Å². The predicted octanol–water partition coefficient (Wildman–Crippen LogP) is 5.41. The van der Waals surface area contributed by atoms with Crippen LogP contribution in [0.15, 0.2) is 18.2 Å². The first-order valence-electron chi connectivity index (χ1n) is 13.4. The molecular weight excluding hydrogens is 429 g/mol. The highest BCUT2D eigenvalue weighted by Crippen LogP contribution is 2.66. The zero-order valence-electron chi connectivity index (χ0n) is 20.7. The van der Waals surface area contributed by atoms with Crippen LogP contribution < -0.4 is 0 Å². The number of nitrogens with zero attached hydrogens (tertiary/aromatic N) is 3. The Hall–Kier alpha value is -1.82. The van der Waals surface area contributed by atoms with Gasteiger partial charge in [-0.15, -0.1) is 0 Å². The van der Waals surface area contributed by atoms with Crippen molar-refractivity contribution in [2.24, 2.45) is 46.8 Å². The van der Waals surface area contributed by atoms with Crippen molar-refractivity contribution in [2.75, 3.05) is 0 Å². The summed E-state index contributed by atoms with van der Waals surface area (Å²) in [6.07, 6.45) is 8.87. The van der Waals surface area contributed by atoms with E-state index in [1.165, 1.54) is 36.2 Å². The van der Waals surface area contributed by atoms with Crippen LogP contribution in [0.2, 0.25) is 0 Å². The lowest BCUT2D eigenvalue weighted by molar-refractivity contribution is -0.133. The highest BCUT2D eigenvalue weighted by molar-refractivity contribution is 5.82. The Balaban J connectivity index is 1.21. The van der Waals surface area contributed by atoms with Crippen LogP contribution in [-0.2, 0) is 11.3 Å². The van der Waals surface area contributed by atoms with Gasteiger partial charge in [-0.25, -0.2) is 4.39 Å². The van der Waals surface area contributed by atoms with Gasteiger partial charge in [0.05, 0.1) is 5.60 Å². The average molecular weight is 468 g/mol. The van der Waals surface area contributed by atoms with Crippen molar-refractivity contribution in [1.29, 1.82) is 0 Å². The fraction of sp³-hybridized carbons (Fsp3) is 0.750. The number of fused-ring (bicyclic) bond motifs is 6. The first-order chi connectivity index (χ1) is 16.1. The van der Waals surface area contributed by atoms with Crippen LogP contribution in [0, 0.1) is 52.7 Å². The van der Waals surface area contributed by atoms with E-state index in [1.807, 2.05) is 6.92 Å². The maximum atomic E-state index is 13.6. The molecule has 0 radical (unpaired) electrons. The van der Waals surface area contributed by atoms with Gasteiger partial charge in [0, 0.05) is 12.0 Å². The summed E-state index contributed by atoms with van der Waals surface area (Å²) >= 11 is 0. The molecule has 6 heteroatoms. The number of benzene rings is 1. The quantitative estimate of drug-likeness (QED) is 0.656. The number of halogens is 1. The zero-order chi connectivity index (χ0) is 23.8. The molecule has 1 N–H and O–H groups in total. The molecule has 34 heavy (non-hydrogen) atoms. The van der Waals surface area contributed by atoms with E-state index in [9.17, 15) is 14.3 Å².